The van der Waals surface area contributed by atoms with Crippen LogP contribution in [0.5, 0.6) is 0 Å². The van der Waals surface area contributed by atoms with E-state index < -0.39 is 0 Å². The summed E-state index contributed by atoms with van der Waals surface area (Å²) in [6, 6.07) is 7.20. The molecule has 1 aliphatic carbocycles. The van der Waals surface area contributed by atoms with E-state index in [1.54, 1.807) is 12.1 Å². The molecule has 1 aliphatic rings. The first kappa shape index (κ1) is 12.6. The van der Waals surface area contributed by atoms with Crippen molar-refractivity contribution in [3.63, 3.8) is 0 Å². The zero-order chi connectivity index (χ0) is 12.5. The molecule has 94 valence electrons. The number of nitrogens with one attached hydrogen (secondary N) is 1. The number of benzene rings is 1. The zero-order valence-corrected chi connectivity index (χ0v) is 11.0. The third-order valence-electron chi connectivity index (χ3n) is 3.35. The minimum atomic E-state index is -0.0555. The van der Waals surface area contributed by atoms with Crippen LogP contribution in [0.1, 0.15) is 45.1 Å². The van der Waals surface area contributed by atoms with Crippen molar-refractivity contribution in [2.75, 3.05) is 6.54 Å². The highest BCUT2D eigenvalue weighted by atomic mass is 19.1. The molecule has 2 rings (SSSR count). The maximum atomic E-state index is 13.8. The Hall–Kier alpha value is -0.890. The third-order valence-corrected chi connectivity index (χ3v) is 3.35. The summed E-state index contributed by atoms with van der Waals surface area (Å²) in [5.41, 5.74) is 0.977. The monoisotopic (exact) mass is 235 g/mol. The molecular formula is C15H22FN. The van der Waals surface area contributed by atoms with Gasteiger partial charge in [-0.3, -0.25) is 0 Å². The predicted molar refractivity (Wildman–Crippen MR) is 69.6 cm³/mol. The minimum Gasteiger partial charge on any atom is -0.311 e. The van der Waals surface area contributed by atoms with Crippen LogP contribution < -0.4 is 5.32 Å². The highest BCUT2D eigenvalue weighted by Gasteiger charge is 2.34. The predicted octanol–water partition coefficient (Wildman–Crippen LogP) is 3.71. The average Bonchev–Trinajstić information content (AvgIpc) is 3.03. The molecule has 1 saturated carbocycles. The number of halogens is 1. The van der Waals surface area contributed by atoms with E-state index in [0.717, 1.165) is 12.1 Å². The second-order valence-electron chi connectivity index (χ2n) is 6.10. The molecule has 0 radical (unpaired) electrons. The van der Waals surface area contributed by atoms with Crippen molar-refractivity contribution in [3.8, 4) is 0 Å². The van der Waals surface area contributed by atoms with Gasteiger partial charge in [0.1, 0.15) is 5.82 Å². The summed E-state index contributed by atoms with van der Waals surface area (Å²) in [5.74, 6) is 0.942. The molecule has 1 unspecified atom stereocenters. The van der Waals surface area contributed by atoms with Crippen molar-refractivity contribution in [2.24, 2.45) is 5.92 Å². The molecule has 1 fully saturated rings. The van der Waals surface area contributed by atoms with Gasteiger partial charge in [0.2, 0.25) is 0 Å². The van der Waals surface area contributed by atoms with Crippen molar-refractivity contribution < 1.29 is 4.39 Å². The Bertz CT molecular complexity index is 377. The molecule has 1 aromatic rings. The van der Waals surface area contributed by atoms with Crippen molar-refractivity contribution in [1.82, 2.24) is 5.32 Å². The Morgan fingerprint density at radius 1 is 1.29 bits per heavy atom. The Balaban J connectivity index is 2.10. The first-order chi connectivity index (χ1) is 7.97. The van der Waals surface area contributed by atoms with E-state index in [4.69, 9.17) is 0 Å². The second kappa shape index (κ2) is 4.77. The van der Waals surface area contributed by atoms with Gasteiger partial charge < -0.3 is 5.32 Å². The zero-order valence-electron chi connectivity index (χ0n) is 11.0. The first-order valence-corrected chi connectivity index (χ1v) is 6.47. The van der Waals surface area contributed by atoms with E-state index in [0.29, 0.717) is 11.8 Å². The number of rotatable bonds is 4. The van der Waals surface area contributed by atoms with Gasteiger partial charge in [0.25, 0.3) is 0 Å². The van der Waals surface area contributed by atoms with Gasteiger partial charge >= 0.3 is 0 Å². The lowest BCUT2D eigenvalue weighted by Gasteiger charge is -2.25. The van der Waals surface area contributed by atoms with Crippen LogP contribution in [0.4, 0.5) is 4.39 Å². The molecule has 1 nitrogen and oxygen atoms in total. The fraction of sp³-hybridized carbons (Fsp3) is 0.600. The Morgan fingerprint density at radius 2 is 1.94 bits per heavy atom. The molecule has 0 saturated heterocycles. The molecule has 0 spiro atoms. The Morgan fingerprint density at radius 3 is 2.47 bits per heavy atom. The van der Waals surface area contributed by atoms with Gasteiger partial charge in [-0.15, -0.1) is 0 Å². The lowest BCUT2D eigenvalue weighted by atomic mass is 9.92. The Kier molecular flexibility index (Phi) is 3.53. The average molecular weight is 235 g/mol. The topological polar surface area (TPSA) is 12.0 Å². The van der Waals surface area contributed by atoms with Crippen molar-refractivity contribution in [3.05, 3.63) is 35.6 Å². The SMILES string of the molecule is CC(C)(C)NCC(c1ccccc1F)C1CC1. The molecule has 0 bridgehead atoms. The van der Waals surface area contributed by atoms with Crippen LogP contribution >= 0.6 is 0 Å². The molecule has 0 aliphatic heterocycles. The van der Waals surface area contributed by atoms with Gasteiger partial charge in [0.15, 0.2) is 0 Å². The quantitative estimate of drug-likeness (QED) is 0.839. The van der Waals surface area contributed by atoms with Gasteiger partial charge in [-0.2, -0.15) is 0 Å². The van der Waals surface area contributed by atoms with Crippen LogP contribution in [0, 0.1) is 11.7 Å². The summed E-state index contributed by atoms with van der Waals surface area (Å²) in [6.07, 6.45) is 2.48. The van der Waals surface area contributed by atoms with E-state index in [1.165, 1.54) is 12.8 Å². The molecule has 17 heavy (non-hydrogen) atoms. The lowest BCUT2D eigenvalue weighted by molar-refractivity contribution is 0.388. The van der Waals surface area contributed by atoms with E-state index >= 15 is 0 Å². The van der Waals surface area contributed by atoms with Crippen LogP contribution in [0.2, 0.25) is 0 Å². The third kappa shape index (κ3) is 3.53. The fourth-order valence-corrected chi connectivity index (χ4v) is 2.22. The molecule has 0 aromatic heterocycles. The number of hydrogen-bond acceptors (Lipinski definition) is 1. The molecule has 1 aromatic carbocycles. The normalized spacial score (nSPS) is 18.1. The fourth-order valence-electron chi connectivity index (χ4n) is 2.22. The van der Waals surface area contributed by atoms with Crippen molar-refractivity contribution in [2.45, 2.75) is 45.1 Å². The van der Waals surface area contributed by atoms with Gasteiger partial charge in [0, 0.05) is 18.0 Å². The molecule has 0 amide bonds. The molecule has 2 heteroatoms. The maximum absolute atomic E-state index is 13.8. The van der Waals surface area contributed by atoms with E-state index in [-0.39, 0.29) is 11.4 Å². The summed E-state index contributed by atoms with van der Waals surface area (Å²) < 4.78 is 13.8. The van der Waals surface area contributed by atoms with Gasteiger partial charge in [0.05, 0.1) is 0 Å². The maximum Gasteiger partial charge on any atom is 0.126 e. The largest absolute Gasteiger partial charge is 0.311 e. The van der Waals surface area contributed by atoms with Crippen LogP contribution in [0.25, 0.3) is 0 Å². The smallest absolute Gasteiger partial charge is 0.126 e. The highest BCUT2D eigenvalue weighted by Crippen LogP contribution is 2.43. The second-order valence-corrected chi connectivity index (χ2v) is 6.10. The summed E-state index contributed by atoms with van der Waals surface area (Å²) in [7, 11) is 0. The van der Waals surface area contributed by atoms with Crippen LogP contribution in [-0.2, 0) is 0 Å². The van der Waals surface area contributed by atoms with Gasteiger partial charge in [-0.05, 0) is 51.2 Å². The van der Waals surface area contributed by atoms with Gasteiger partial charge in [-0.25, -0.2) is 4.39 Å². The summed E-state index contributed by atoms with van der Waals surface area (Å²) in [6.45, 7) is 7.32. The van der Waals surface area contributed by atoms with Crippen molar-refractivity contribution in [1.29, 1.82) is 0 Å². The molecule has 1 N–H and O–H groups in total. The first-order valence-electron chi connectivity index (χ1n) is 6.47. The molecular weight excluding hydrogens is 213 g/mol. The van der Waals surface area contributed by atoms with Crippen LogP contribution in [0.15, 0.2) is 24.3 Å². The molecule has 0 heterocycles. The standard InChI is InChI=1S/C15H22FN/c1-15(2,3)17-10-13(11-8-9-11)12-6-4-5-7-14(12)16/h4-7,11,13,17H,8-10H2,1-3H3. The van der Waals surface area contributed by atoms with Crippen LogP contribution in [-0.4, -0.2) is 12.1 Å². The van der Waals surface area contributed by atoms with E-state index in [9.17, 15) is 4.39 Å². The summed E-state index contributed by atoms with van der Waals surface area (Å²) in [4.78, 5) is 0. The van der Waals surface area contributed by atoms with Crippen LogP contribution in [0.3, 0.4) is 0 Å². The number of hydrogen-bond donors (Lipinski definition) is 1. The van der Waals surface area contributed by atoms with Crippen molar-refractivity contribution >= 4 is 0 Å². The lowest BCUT2D eigenvalue weighted by Crippen LogP contribution is -2.39. The highest BCUT2D eigenvalue weighted by molar-refractivity contribution is 5.24. The summed E-state index contributed by atoms with van der Waals surface area (Å²) >= 11 is 0. The Labute approximate surface area is 103 Å². The molecule has 1 atom stereocenters. The van der Waals surface area contributed by atoms with E-state index in [2.05, 4.69) is 26.1 Å². The summed E-state index contributed by atoms with van der Waals surface area (Å²) in [5, 5.41) is 3.50. The minimum absolute atomic E-state index is 0.0555. The van der Waals surface area contributed by atoms with Gasteiger partial charge in [-0.1, -0.05) is 18.2 Å². The van der Waals surface area contributed by atoms with E-state index in [1.807, 2.05) is 12.1 Å².